The Kier molecular flexibility index (Phi) is 2.72. The van der Waals surface area contributed by atoms with Crippen LogP contribution in [0.5, 0.6) is 0 Å². The smallest absolute Gasteiger partial charge is 0.00951 e. The van der Waals surface area contributed by atoms with Crippen LogP contribution in [0.15, 0.2) is 30.3 Å². The summed E-state index contributed by atoms with van der Waals surface area (Å²) >= 11 is 0. The topological polar surface area (TPSA) is 12.0 Å². The average Bonchev–Trinajstić information content (AvgIpc) is 3.00. The summed E-state index contributed by atoms with van der Waals surface area (Å²) in [5, 5.41) is 3.51. The van der Waals surface area contributed by atoms with Gasteiger partial charge in [-0.1, -0.05) is 36.8 Å². The van der Waals surface area contributed by atoms with E-state index < -0.39 is 0 Å². The average molecular weight is 215 g/mol. The number of nitrogens with one attached hydrogen (secondary N) is 1. The zero-order valence-corrected chi connectivity index (χ0v) is 10.0. The van der Waals surface area contributed by atoms with E-state index in [2.05, 4.69) is 42.7 Å². The van der Waals surface area contributed by atoms with Crippen LogP contribution < -0.4 is 5.32 Å². The van der Waals surface area contributed by atoms with Crippen LogP contribution in [0.2, 0.25) is 0 Å². The first kappa shape index (κ1) is 10.3. The van der Waals surface area contributed by atoms with Gasteiger partial charge in [0, 0.05) is 6.04 Å². The molecule has 0 heterocycles. The quantitative estimate of drug-likeness (QED) is 0.816. The molecule has 4 unspecified atom stereocenters. The van der Waals surface area contributed by atoms with Gasteiger partial charge in [0.05, 0.1) is 0 Å². The Morgan fingerprint density at radius 1 is 1.06 bits per heavy atom. The molecule has 1 aromatic carbocycles. The summed E-state index contributed by atoms with van der Waals surface area (Å²) in [6.07, 6.45) is 5.68. The molecule has 1 aromatic rings. The Hall–Kier alpha value is -0.820. The van der Waals surface area contributed by atoms with Gasteiger partial charge in [0.2, 0.25) is 0 Å². The van der Waals surface area contributed by atoms with Crippen molar-refractivity contribution in [2.75, 3.05) is 7.05 Å². The van der Waals surface area contributed by atoms with E-state index in [1.54, 1.807) is 5.56 Å². The molecule has 0 bridgehead atoms. The summed E-state index contributed by atoms with van der Waals surface area (Å²) in [7, 11) is 2.13. The summed E-state index contributed by atoms with van der Waals surface area (Å²) in [4.78, 5) is 0. The van der Waals surface area contributed by atoms with Gasteiger partial charge < -0.3 is 5.32 Å². The molecule has 0 amide bonds. The second kappa shape index (κ2) is 4.21. The predicted octanol–water partition coefficient (Wildman–Crippen LogP) is 3.18. The van der Waals surface area contributed by atoms with E-state index in [1.807, 2.05) is 0 Å². The van der Waals surface area contributed by atoms with Crippen molar-refractivity contribution in [3.8, 4) is 0 Å². The Morgan fingerprint density at radius 2 is 1.88 bits per heavy atom. The highest BCUT2D eigenvalue weighted by Gasteiger charge is 2.47. The molecule has 0 aromatic heterocycles. The molecule has 1 nitrogen and oxygen atoms in total. The molecule has 4 atom stereocenters. The van der Waals surface area contributed by atoms with Crippen molar-refractivity contribution in [1.82, 2.24) is 5.32 Å². The second-order valence-corrected chi connectivity index (χ2v) is 5.41. The van der Waals surface area contributed by atoms with Crippen LogP contribution in [-0.2, 0) is 0 Å². The minimum absolute atomic E-state index is 0.790. The normalized spacial score (nSPS) is 37.6. The molecule has 1 heteroatoms. The Bertz CT molecular complexity index is 346. The van der Waals surface area contributed by atoms with Gasteiger partial charge in [0.1, 0.15) is 0 Å². The van der Waals surface area contributed by atoms with E-state index in [-0.39, 0.29) is 0 Å². The Balaban J connectivity index is 1.68. The second-order valence-electron chi connectivity index (χ2n) is 5.41. The van der Waals surface area contributed by atoms with E-state index in [0.717, 1.165) is 23.8 Å². The van der Waals surface area contributed by atoms with Crippen molar-refractivity contribution in [2.24, 2.45) is 11.8 Å². The maximum Gasteiger partial charge on any atom is 0.00951 e. The van der Waals surface area contributed by atoms with Gasteiger partial charge >= 0.3 is 0 Å². The Morgan fingerprint density at radius 3 is 2.62 bits per heavy atom. The molecule has 0 radical (unpaired) electrons. The third-order valence-corrected chi connectivity index (χ3v) is 4.56. The highest BCUT2D eigenvalue weighted by Crippen LogP contribution is 2.55. The molecule has 86 valence electrons. The van der Waals surface area contributed by atoms with Crippen LogP contribution in [0.3, 0.4) is 0 Å². The fourth-order valence-electron chi connectivity index (χ4n) is 3.63. The molecule has 0 saturated heterocycles. The van der Waals surface area contributed by atoms with E-state index in [9.17, 15) is 0 Å². The summed E-state index contributed by atoms with van der Waals surface area (Å²) in [5.41, 5.74) is 1.56. The number of rotatable bonds is 3. The van der Waals surface area contributed by atoms with Crippen molar-refractivity contribution < 1.29 is 0 Å². The van der Waals surface area contributed by atoms with Crippen molar-refractivity contribution in [3.05, 3.63) is 35.9 Å². The summed E-state index contributed by atoms with van der Waals surface area (Å²) in [5.74, 6) is 2.76. The molecule has 0 aliphatic heterocycles. The molecule has 2 fully saturated rings. The molecule has 1 N–H and O–H groups in total. The molecule has 2 saturated carbocycles. The van der Waals surface area contributed by atoms with Crippen LogP contribution in [0, 0.1) is 11.8 Å². The van der Waals surface area contributed by atoms with E-state index >= 15 is 0 Å². The lowest BCUT2D eigenvalue weighted by molar-refractivity contribution is 0.375. The van der Waals surface area contributed by atoms with Gasteiger partial charge in [-0.15, -0.1) is 0 Å². The lowest BCUT2D eigenvalue weighted by Gasteiger charge is -2.19. The van der Waals surface area contributed by atoms with E-state index in [1.165, 1.54) is 25.7 Å². The van der Waals surface area contributed by atoms with E-state index in [0.29, 0.717) is 0 Å². The number of hydrogen-bond donors (Lipinski definition) is 1. The third-order valence-electron chi connectivity index (χ3n) is 4.56. The van der Waals surface area contributed by atoms with Gasteiger partial charge in [0.15, 0.2) is 0 Å². The highest BCUT2D eigenvalue weighted by molar-refractivity contribution is 5.26. The molecule has 0 spiro atoms. The van der Waals surface area contributed by atoms with Gasteiger partial charge in [-0.2, -0.15) is 0 Å². The maximum absolute atomic E-state index is 3.51. The molecule has 16 heavy (non-hydrogen) atoms. The predicted molar refractivity (Wildman–Crippen MR) is 67.5 cm³/mol. The summed E-state index contributed by atoms with van der Waals surface area (Å²) < 4.78 is 0. The van der Waals surface area contributed by atoms with Crippen molar-refractivity contribution in [2.45, 2.75) is 37.6 Å². The van der Waals surface area contributed by atoms with Gasteiger partial charge in [0.25, 0.3) is 0 Å². The largest absolute Gasteiger partial charge is 0.317 e. The minimum atomic E-state index is 0.790. The molecular formula is C15H21N. The third kappa shape index (κ3) is 1.78. The zero-order valence-electron chi connectivity index (χ0n) is 10.0. The van der Waals surface area contributed by atoms with Crippen molar-refractivity contribution in [1.29, 1.82) is 0 Å². The summed E-state index contributed by atoms with van der Waals surface area (Å²) in [6, 6.07) is 11.9. The van der Waals surface area contributed by atoms with Crippen LogP contribution in [-0.4, -0.2) is 13.1 Å². The number of hydrogen-bond acceptors (Lipinski definition) is 1. The molecule has 2 aliphatic rings. The van der Waals surface area contributed by atoms with Crippen LogP contribution >= 0.6 is 0 Å². The van der Waals surface area contributed by atoms with Crippen LogP contribution in [0.25, 0.3) is 0 Å². The standard InChI is InChI=1S/C15H21N/c1-16-15-9-5-8-12(15)14-10-13(14)11-6-3-2-4-7-11/h2-4,6-7,12-16H,5,8-10H2,1H3. The van der Waals surface area contributed by atoms with Gasteiger partial charge in [-0.25, -0.2) is 0 Å². The minimum Gasteiger partial charge on any atom is -0.317 e. The summed E-state index contributed by atoms with van der Waals surface area (Å²) in [6.45, 7) is 0. The Labute approximate surface area is 98.3 Å². The fraction of sp³-hybridized carbons (Fsp3) is 0.600. The van der Waals surface area contributed by atoms with Crippen LogP contribution in [0.4, 0.5) is 0 Å². The first-order chi connectivity index (χ1) is 7.90. The molecule has 2 aliphatic carbocycles. The van der Waals surface area contributed by atoms with Gasteiger partial charge in [-0.05, 0) is 49.6 Å². The van der Waals surface area contributed by atoms with Crippen LogP contribution in [0.1, 0.15) is 37.2 Å². The highest BCUT2D eigenvalue weighted by atomic mass is 14.9. The van der Waals surface area contributed by atoms with E-state index in [4.69, 9.17) is 0 Å². The fourth-order valence-corrected chi connectivity index (χ4v) is 3.63. The number of benzene rings is 1. The van der Waals surface area contributed by atoms with Crippen molar-refractivity contribution in [3.63, 3.8) is 0 Å². The first-order valence-corrected chi connectivity index (χ1v) is 6.62. The lowest BCUT2D eigenvalue weighted by Crippen LogP contribution is -2.30. The first-order valence-electron chi connectivity index (χ1n) is 6.62. The van der Waals surface area contributed by atoms with Crippen molar-refractivity contribution >= 4 is 0 Å². The monoisotopic (exact) mass is 215 g/mol. The maximum atomic E-state index is 3.51. The SMILES string of the molecule is CNC1CCCC1C1CC1c1ccccc1. The zero-order chi connectivity index (χ0) is 11.0. The van der Waals surface area contributed by atoms with Gasteiger partial charge in [-0.3, -0.25) is 0 Å². The molecular weight excluding hydrogens is 194 g/mol. The molecule has 3 rings (SSSR count). The lowest BCUT2D eigenvalue weighted by atomic mass is 9.94.